The molecule has 0 saturated heterocycles. The average Bonchev–Trinajstić information content (AvgIpc) is 2.81. The predicted molar refractivity (Wildman–Crippen MR) is 164 cm³/mol. The van der Waals surface area contributed by atoms with Gasteiger partial charge in [-0.1, -0.05) is 20.8 Å². The van der Waals surface area contributed by atoms with Crippen molar-refractivity contribution < 1.29 is 34.8 Å². The number of carbonyl (C=O) groups is 3. The summed E-state index contributed by atoms with van der Waals surface area (Å²) in [6, 6.07) is 0.735. The molecule has 42 heavy (non-hydrogen) atoms. The molecule has 7 N–H and O–H groups in total. The summed E-state index contributed by atoms with van der Waals surface area (Å²) in [6.07, 6.45) is 0.291. The molecule has 234 valence electrons. The molecule has 0 aromatic heterocycles. The van der Waals surface area contributed by atoms with Gasteiger partial charge in [0.05, 0.1) is 11.6 Å². The Morgan fingerprint density at radius 1 is 1.12 bits per heavy atom. The summed E-state index contributed by atoms with van der Waals surface area (Å²) in [5, 5.41) is 49.0. The van der Waals surface area contributed by atoms with Gasteiger partial charge >= 0.3 is 0 Å². The van der Waals surface area contributed by atoms with Gasteiger partial charge in [-0.25, -0.2) is 0 Å². The van der Waals surface area contributed by atoms with E-state index in [1.54, 1.807) is 14.1 Å². The molecule has 1 aromatic rings. The van der Waals surface area contributed by atoms with Crippen LogP contribution in [0.1, 0.15) is 43.9 Å². The molecule has 4 atom stereocenters. The highest BCUT2D eigenvalue weighted by Gasteiger charge is 2.64. The third kappa shape index (κ3) is 5.48. The minimum atomic E-state index is -2.66. The Labute approximate surface area is 258 Å². The zero-order valence-electron chi connectivity index (χ0n) is 24.9. The fraction of sp³-hybridized carbons (Fsp3) is 0.552. The molecule has 0 spiro atoms. The van der Waals surface area contributed by atoms with Crippen LogP contribution in [-0.2, 0) is 27.3 Å². The van der Waals surface area contributed by atoms with Crippen LogP contribution >= 0.6 is 24.8 Å². The van der Waals surface area contributed by atoms with E-state index >= 15 is 0 Å². The van der Waals surface area contributed by atoms with Crippen LogP contribution in [0.15, 0.2) is 23.0 Å². The van der Waals surface area contributed by atoms with Gasteiger partial charge in [-0.2, -0.15) is 0 Å². The van der Waals surface area contributed by atoms with E-state index in [-0.39, 0.29) is 60.0 Å². The lowest BCUT2D eigenvalue weighted by Crippen LogP contribution is -2.65. The Kier molecular flexibility index (Phi) is 10.1. The molecule has 0 radical (unpaired) electrons. The number of nitrogens with zero attached hydrogens (tertiary/aromatic N) is 2. The minimum Gasteiger partial charge on any atom is -0.508 e. The maximum Gasteiger partial charge on any atom is 0.255 e. The van der Waals surface area contributed by atoms with Crippen LogP contribution < -0.4 is 16.0 Å². The van der Waals surface area contributed by atoms with Crippen molar-refractivity contribution in [2.75, 3.05) is 39.6 Å². The largest absolute Gasteiger partial charge is 0.508 e. The number of fused-ring (bicyclic) bond motifs is 3. The van der Waals surface area contributed by atoms with Gasteiger partial charge < -0.3 is 36.4 Å². The second-order valence-corrected chi connectivity index (χ2v) is 12.8. The second kappa shape index (κ2) is 12.0. The van der Waals surface area contributed by atoms with Gasteiger partial charge in [0.1, 0.15) is 22.8 Å². The zero-order chi connectivity index (χ0) is 30.1. The van der Waals surface area contributed by atoms with Crippen LogP contribution in [0.2, 0.25) is 0 Å². The first-order valence-corrected chi connectivity index (χ1v) is 13.3. The number of phenols is 1. The first-order chi connectivity index (χ1) is 18.4. The molecule has 0 bridgehead atoms. The molecule has 11 nitrogen and oxygen atoms in total. The topological polar surface area (TPSA) is 177 Å². The van der Waals surface area contributed by atoms with Crippen molar-refractivity contribution >= 4 is 53.7 Å². The number of Topliss-reactive ketones (excluding diaryl/α,β-unsaturated/α-hetero) is 2. The summed E-state index contributed by atoms with van der Waals surface area (Å²) >= 11 is 0. The number of benzene rings is 1. The number of nitrogens with one attached hydrogen (secondary N) is 1. The number of halogens is 2. The van der Waals surface area contributed by atoms with Gasteiger partial charge in [0.15, 0.2) is 11.4 Å². The lowest BCUT2D eigenvalue weighted by molar-refractivity contribution is -0.153. The molecule has 0 heterocycles. The lowest BCUT2D eigenvalue weighted by Gasteiger charge is -2.50. The Bertz CT molecular complexity index is 1370. The van der Waals surface area contributed by atoms with E-state index in [0.29, 0.717) is 24.2 Å². The minimum absolute atomic E-state index is 0. The standard InChI is InChI=1S/C29H40N4O7.2ClH/c1-28(2,3)12-31-11-14-10-17(32(4)5)15-8-13-9-16-21(33(6)7)24(36)20(27(30)39)26(38)29(16,40)25(37)18(13)23(35)19(15)22(14)34;;/h10,13,16,21,31,34-35,38,40H,8-9,11-12H2,1-7H3,(H2,30,39);2*1H/t13-,16-,21-,29-;;/m0../s1. The summed E-state index contributed by atoms with van der Waals surface area (Å²) < 4.78 is 0. The molecule has 0 aliphatic heterocycles. The Morgan fingerprint density at radius 2 is 1.71 bits per heavy atom. The number of ketones is 2. The molecule has 13 heteroatoms. The van der Waals surface area contributed by atoms with Crippen LogP contribution in [-0.4, -0.2) is 89.2 Å². The van der Waals surface area contributed by atoms with Crippen LogP contribution in [0.5, 0.6) is 5.75 Å². The number of phenolic OH excluding ortho intramolecular Hbond substituents is 1. The van der Waals surface area contributed by atoms with Crippen molar-refractivity contribution in [3.63, 3.8) is 0 Å². The molecular formula is C29H42Cl2N4O7. The van der Waals surface area contributed by atoms with E-state index in [4.69, 9.17) is 5.73 Å². The fourth-order valence-electron chi connectivity index (χ4n) is 6.45. The quantitative estimate of drug-likeness (QED) is 0.255. The van der Waals surface area contributed by atoms with Gasteiger partial charge in [-0.3, -0.25) is 19.3 Å². The number of amides is 1. The Balaban J connectivity index is 0.00000308. The number of aromatic hydroxyl groups is 1. The van der Waals surface area contributed by atoms with E-state index in [1.165, 1.54) is 4.90 Å². The van der Waals surface area contributed by atoms with Gasteiger partial charge in [-0.15, -0.1) is 24.8 Å². The smallest absolute Gasteiger partial charge is 0.255 e. The van der Waals surface area contributed by atoms with Crippen LogP contribution in [0, 0.1) is 17.3 Å². The molecule has 1 aromatic carbocycles. The summed E-state index contributed by atoms with van der Waals surface area (Å²) in [4.78, 5) is 42.8. The van der Waals surface area contributed by atoms with Crippen LogP contribution in [0.25, 0.3) is 5.76 Å². The zero-order valence-corrected chi connectivity index (χ0v) is 26.6. The number of primary amides is 1. The summed E-state index contributed by atoms with van der Waals surface area (Å²) in [6.45, 7) is 7.21. The predicted octanol–water partition coefficient (Wildman–Crippen LogP) is 2.01. The lowest BCUT2D eigenvalue weighted by atomic mass is 9.57. The summed E-state index contributed by atoms with van der Waals surface area (Å²) in [7, 11) is 6.84. The number of aliphatic hydroxyl groups excluding tert-OH is 2. The number of likely N-dealkylation sites (N-methyl/N-ethyl adjacent to an activating group) is 1. The second-order valence-electron chi connectivity index (χ2n) is 12.8. The summed E-state index contributed by atoms with van der Waals surface area (Å²) in [5.74, 6) is -6.55. The number of hydrogen-bond donors (Lipinski definition) is 6. The first kappa shape index (κ1) is 35.4. The van der Waals surface area contributed by atoms with Gasteiger partial charge in [0, 0.05) is 49.9 Å². The maximum absolute atomic E-state index is 14.0. The average molecular weight is 630 g/mol. The van der Waals surface area contributed by atoms with Gasteiger partial charge in [0.2, 0.25) is 5.78 Å². The maximum atomic E-state index is 14.0. The number of carbonyl (C=O) groups excluding carboxylic acids is 3. The normalized spacial score (nSPS) is 25.3. The number of anilines is 1. The fourth-order valence-corrected chi connectivity index (χ4v) is 6.45. The molecule has 1 saturated carbocycles. The van der Waals surface area contributed by atoms with Crippen molar-refractivity contribution in [1.29, 1.82) is 0 Å². The van der Waals surface area contributed by atoms with Crippen molar-refractivity contribution in [1.82, 2.24) is 10.2 Å². The number of rotatable bonds is 6. The highest BCUT2D eigenvalue weighted by atomic mass is 35.5. The molecular weight excluding hydrogens is 587 g/mol. The summed E-state index contributed by atoms with van der Waals surface area (Å²) in [5.41, 5.74) is 3.73. The van der Waals surface area contributed by atoms with E-state index in [0.717, 1.165) is 5.69 Å². The Morgan fingerprint density at radius 3 is 2.21 bits per heavy atom. The molecule has 3 aliphatic carbocycles. The number of nitrogens with two attached hydrogens (primary N) is 1. The van der Waals surface area contributed by atoms with Crippen molar-refractivity contribution in [3.8, 4) is 5.75 Å². The first-order valence-electron chi connectivity index (χ1n) is 13.3. The number of aliphatic hydroxyl groups is 3. The van der Waals surface area contributed by atoms with E-state index in [1.807, 2.05) is 25.1 Å². The highest BCUT2D eigenvalue weighted by molar-refractivity contribution is 6.24. The van der Waals surface area contributed by atoms with Crippen LogP contribution in [0.3, 0.4) is 0 Å². The van der Waals surface area contributed by atoms with E-state index in [2.05, 4.69) is 26.1 Å². The van der Waals surface area contributed by atoms with Crippen molar-refractivity contribution in [2.45, 2.75) is 51.8 Å². The van der Waals surface area contributed by atoms with Crippen molar-refractivity contribution in [3.05, 3.63) is 39.7 Å². The third-order valence-corrected chi connectivity index (χ3v) is 8.23. The number of hydrogen-bond acceptors (Lipinski definition) is 10. The van der Waals surface area contributed by atoms with Crippen LogP contribution in [0.4, 0.5) is 5.69 Å². The Hall–Kier alpha value is -2.83. The monoisotopic (exact) mass is 628 g/mol. The molecule has 3 aliphatic rings. The molecule has 0 unspecified atom stereocenters. The van der Waals surface area contributed by atoms with E-state index < -0.39 is 58.0 Å². The molecule has 1 amide bonds. The van der Waals surface area contributed by atoms with E-state index in [9.17, 15) is 34.8 Å². The highest BCUT2D eigenvalue weighted by Crippen LogP contribution is 2.54. The molecule has 4 rings (SSSR count). The van der Waals surface area contributed by atoms with Gasteiger partial charge in [-0.05, 0) is 49.9 Å². The molecule has 1 fully saturated rings. The SMILES string of the molecule is CN(C)c1cc(CNCC(C)(C)C)c(O)c2c1C[C@H]1C[C@H]3[C@H](N(C)C)C(=O)C(C(N)=O)=C(O)[C@@]3(O)C(=O)C1=C2O.Cl.Cl. The van der Waals surface area contributed by atoms with Crippen molar-refractivity contribution in [2.24, 2.45) is 23.0 Å². The third-order valence-electron chi connectivity index (χ3n) is 8.23. The van der Waals surface area contributed by atoms with Gasteiger partial charge in [0.25, 0.3) is 5.91 Å².